The summed E-state index contributed by atoms with van der Waals surface area (Å²) in [6, 6.07) is 12.4. The molecule has 0 heterocycles. The van der Waals surface area contributed by atoms with Crippen molar-refractivity contribution in [3.63, 3.8) is 0 Å². The van der Waals surface area contributed by atoms with Crippen LogP contribution < -0.4 is 18.9 Å². The van der Waals surface area contributed by atoms with Crippen molar-refractivity contribution in [2.75, 3.05) is 55.1 Å². The van der Waals surface area contributed by atoms with Crippen molar-refractivity contribution < 1.29 is 18.9 Å². The van der Waals surface area contributed by atoms with Crippen molar-refractivity contribution in [2.24, 2.45) is 10.9 Å². The lowest BCUT2D eigenvalue weighted by atomic mass is 9.68. The van der Waals surface area contributed by atoms with E-state index in [9.17, 15) is 0 Å². The number of ether oxygens (including phenoxy) is 4. The van der Waals surface area contributed by atoms with Crippen LogP contribution in [0.2, 0.25) is 0 Å². The number of hydrogen-bond acceptors (Lipinski definition) is 6. The minimum absolute atomic E-state index is 0.106. The molecular weight excluding hydrogens is 428 g/mol. The fraction of sp³-hybridized carbons (Fsp3) is 0.536. The lowest BCUT2D eigenvalue weighted by Gasteiger charge is -2.38. The molecule has 0 amide bonds. The first-order valence-electron chi connectivity index (χ1n) is 11.9. The number of benzene rings is 2. The zero-order chi connectivity index (χ0) is 25.1. The summed E-state index contributed by atoms with van der Waals surface area (Å²) in [5.74, 6) is 3.42. The number of hydrogen-bond donors (Lipinski definition) is 0. The van der Waals surface area contributed by atoms with Crippen LogP contribution in [0.5, 0.6) is 23.0 Å². The summed E-state index contributed by atoms with van der Waals surface area (Å²) in [6.45, 7) is 11.0. The monoisotopic (exact) mass is 470 g/mol. The summed E-state index contributed by atoms with van der Waals surface area (Å²) < 4.78 is 21.8. The molecule has 0 N–H and O–H groups in total. The van der Waals surface area contributed by atoms with Gasteiger partial charge in [0.15, 0.2) is 23.0 Å². The molecule has 1 atom stereocenters. The minimum atomic E-state index is -0.106. The Kier molecular flexibility index (Phi) is 10.7. The highest BCUT2D eigenvalue weighted by atomic mass is 16.5. The van der Waals surface area contributed by atoms with Gasteiger partial charge in [-0.3, -0.25) is 0 Å². The van der Waals surface area contributed by atoms with Crippen LogP contribution in [0.1, 0.15) is 37.8 Å². The Balaban J connectivity index is 2.06. The number of likely N-dealkylation sites (N-methyl/N-ethyl adjacent to an activating group) is 1. The number of rotatable bonds is 15. The molecule has 6 heteroatoms. The second-order valence-corrected chi connectivity index (χ2v) is 9.11. The molecule has 0 aliphatic carbocycles. The summed E-state index contributed by atoms with van der Waals surface area (Å²) in [4.78, 5) is 6.74. The predicted molar refractivity (Wildman–Crippen MR) is 140 cm³/mol. The van der Waals surface area contributed by atoms with Gasteiger partial charge in [-0.05, 0) is 80.9 Å². The van der Waals surface area contributed by atoms with Crippen molar-refractivity contribution in [1.82, 2.24) is 4.90 Å². The van der Waals surface area contributed by atoms with Crippen molar-refractivity contribution in [1.29, 1.82) is 0 Å². The van der Waals surface area contributed by atoms with Crippen LogP contribution in [-0.2, 0) is 11.8 Å². The summed E-state index contributed by atoms with van der Waals surface area (Å²) in [7, 11) is 8.85. The molecule has 34 heavy (non-hydrogen) atoms. The second kappa shape index (κ2) is 13.2. The first kappa shape index (κ1) is 27.5. The van der Waals surface area contributed by atoms with Gasteiger partial charge in [0, 0.05) is 18.5 Å². The SMILES string of the molecule is C=NCC(CCCN(C)CCc1ccc(OC)c(OC)c1)(c1ccc(OC)c(OC)c1)C(C)C. The second-order valence-electron chi connectivity index (χ2n) is 9.11. The van der Waals surface area contributed by atoms with E-state index >= 15 is 0 Å². The quantitative estimate of drug-likeness (QED) is 0.332. The van der Waals surface area contributed by atoms with Gasteiger partial charge >= 0.3 is 0 Å². The van der Waals surface area contributed by atoms with E-state index in [4.69, 9.17) is 18.9 Å². The summed E-state index contributed by atoms with van der Waals surface area (Å²) >= 11 is 0. The van der Waals surface area contributed by atoms with Crippen LogP contribution in [-0.4, -0.2) is 66.7 Å². The summed E-state index contributed by atoms with van der Waals surface area (Å²) in [5.41, 5.74) is 2.36. The van der Waals surface area contributed by atoms with Gasteiger partial charge in [0.1, 0.15) is 0 Å². The van der Waals surface area contributed by atoms with Crippen molar-refractivity contribution >= 4 is 6.72 Å². The highest BCUT2D eigenvalue weighted by Gasteiger charge is 2.35. The molecule has 6 nitrogen and oxygen atoms in total. The molecule has 0 fully saturated rings. The normalized spacial score (nSPS) is 13.0. The van der Waals surface area contributed by atoms with Crippen molar-refractivity contribution in [2.45, 2.75) is 38.5 Å². The molecule has 0 bridgehead atoms. The van der Waals surface area contributed by atoms with Gasteiger partial charge in [0.2, 0.25) is 0 Å². The molecule has 2 aromatic rings. The largest absolute Gasteiger partial charge is 0.493 e. The average molecular weight is 471 g/mol. The Morgan fingerprint density at radius 3 is 2.00 bits per heavy atom. The Morgan fingerprint density at radius 1 is 0.853 bits per heavy atom. The van der Waals surface area contributed by atoms with E-state index < -0.39 is 0 Å². The highest BCUT2D eigenvalue weighted by molar-refractivity contribution is 5.46. The van der Waals surface area contributed by atoms with Crippen LogP contribution in [0.15, 0.2) is 41.4 Å². The van der Waals surface area contributed by atoms with Gasteiger partial charge in [-0.15, -0.1) is 0 Å². The molecule has 0 aliphatic heterocycles. The lowest BCUT2D eigenvalue weighted by Crippen LogP contribution is -2.37. The van der Waals surface area contributed by atoms with Gasteiger partial charge < -0.3 is 28.8 Å². The fourth-order valence-electron chi connectivity index (χ4n) is 4.60. The Labute approximate surface area is 205 Å². The molecule has 0 spiro atoms. The molecule has 0 radical (unpaired) electrons. The number of nitrogens with zero attached hydrogens (tertiary/aromatic N) is 2. The Bertz CT molecular complexity index is 915. The Hall–Kier alpha value is -2.73. The average Bonchev–Trinajstić information content (AvgIpc) is 2.85. The molecule has 2 rings (SSSR count). The van der Waals surface area contributed by atoms with Crippen LogP contribution >= 0.6 is 0 Å². The van der Waals surface area contributed by atoms with E-state index in [0.29, 0.717) is 12.5 Å². The first-order valence-corrected chi connectivity index (χ1v) is 11.9. The van der Waals surface area contributed by atoms with Gasteiger partial charge in [-0.1, -0.05) is 26.0 Å². The highest BCUT2D eigenvalue weighted by Crippen LogP contribution is 2.41. The number of aliphatic imine (C=N–C) groups is 1. The van der Waals surface area contributed by atoms with Gasteiger partial charge in [0.25, 0.3) is 0 Å². The van der Waals surface area contributed by atoms with E-state index in [-0.39, 0.29) is 5.41 Å². The smallest absolute Gasteiger partial charge is 0.161 e. The van der Waals surface area contributed by atoms with E-state index in [2.05, 4.69) is 61.8 Å². The van der Waals surface area contributed by atoms with E-state index in [1.54, 1.807) is 28.4 Å². The van der Waals surface area contributed by atoms with Crippen LogP contribution in [0.4, 0.5) is 0 Å². The standard InChI is InChI=1S/C28H42N2O4/c1-21(2)28(20-29-3,23-11-13-25(32-6)27(19-23)34-8)15-9-16-30(4)17-14-22-10-12-24(31-5)26(18-22)33-7/h10-13,18-19,21H,3,9,14-17,20H2,1-2,4-8H3. The minimum Gasteiger partial charge on any atom is -0.493 e. The van der Waals surface area contributed by atoms with E-state index in [0.717, 1.165) is 55.4 Å². The van der Waals surface area contributed by atoms with E-state index in [1.807, 2.05) is 12.1 Å². The van der Waals surface area contributed by atoms with Crippen molar-refractivity contribution in [3.05, 3.63) is 47.5 Å². The third-order valence-corrected chi connectivity index (χ3v) is 6.85. The maximum absolute atomic E-state index is 5.58. The summed E-state index contributed by atoms with van der Waals surface area (Å²) in [5, 5.41) is 0. The van der Waals surface area contributed by atoms with Gasteiger partial charge in [-0.25, -0.2) is 0 Å². The first-order chi connectivity index (χ1) is 16.3. The molecular formula is C28H42N2O4. The maximum Gasteiger partial charge on any atom is 0.161 e. The van der Waals surface area contributed by atoms with Crippen molar-refractivity contribution in [3.8, 4) is 23.0 Å². The van der Waals surface area contributed by atoms with E-state index in [1.165, 1.54) is 11.1 Å². The molecule has 0 aliphatic rings. The molecule has 0 saturated heterocycles. The van der Waals surface area contributed by atoms with Gasteiger partial charge in [0.05, 0.1) is 28.4 Å². The zero-order valence-corrected chi connectivity index (χ0v) is 22.0. The third-order valence-electron chi connectivity index (χ3n) is 6.85. The Morgan fingerprint density at radius 2 is 1.44 bits per heavy atom. The molecule has 0 saturated carbocycles. The molecule has 188 valence electrons. The van der Waals surface area contributed by atoms with Crippen LogP contribution in [0, 0.1) is 5.92 Å². The topological polar surface area (TPSA) is 52.5 Å². The third kappa shape index (κ3) is 6.66. The molecule has 1 unspecified atom stereocenters. The molecule has 0 aromatic heterocycles. The van der Waals surface area contributed by atoms with Gasteiger partial charge in [-0.2, -0.15) is 0 Å². The summed E-state index contributed by atoms with van der Waals surface area (Å²) in [6.07, 6.45) is 3.03. The molecule has 2 aromatic carbocycles. The zero-order valence-electron chi connectivity index (χ0n) is 22.0. The lowest BCUT2D eigenvalue weighted by molar-refractivity contribution is 0.256. The number of methoxy groups -OCH3 is 4. The maximum atomic E-state index is 5.58. The predicted octanol–water partition coefficient (Wildman–Crippen LogP) is 5.27. The fourth-order valence-corrected chi connectivity index (χ4v) is 4.60. The van der Waals surface area contributed by atoms with Crippen LogP contribution in [0.3, 0.4) is 0 Å². The van der Waals surface area contributed by atoms with Crippen LogP contribution in [0.25, 0.3) is 0 Å².